The lowest BCUT2D eigenvalue weighted by molar-refractivity contribution is -0.137. The number of esters is 2. The van der Waals surface area contributed by atoms with Crippen molar-refractivity contribution in [2.24, 2.45) is 0 Å². The van der Waals surface area contributed by atoms with Crippen molar-refractivity contribution < 1.29 is 23.8 Å². The van der Waals surface area contributed by atoms with Crippen LogP contribution in [-0.4, -0.2) is 37.9 Å². The monoisotopic (exact) mass is 438 g/mol. The summed E-state index contributed by atoms with van der Waals surface area (Å²) in [6.07, 6.45) is 7.17. The van der Waals surface area contributed by atoms with Gasteiger partial charge in [0.05, 0.1) is 18.3 Å². The molecule has 7 heteroatoms. The van der Waals surface area contributed by atoms with Crippen LogP contribution in [0.3, 0.4) is 0 Å². The van der Waals surface area contributed by atoms with Crippen LogP contribution in [-0.2, 0) is 25.4 Å². The smallest absolute Gasteiger partial charge is 0.338 e. The molecule has 2 aromatic carbocycles. The van der Waals surface area contributed by atoms with E-state index in [1.807, 2.05) is 0 Å². The molecule has 170 valence electrons. The zero-order valence-corrected chi connectivity index (χ0v) is 18.3. The number of hydrogen-bond donors (Lipinski definition) is 2. The molecule has 2 aromatic rings. The Bertz CT molecular complexity index is 927. The van der Waals surface area contributed by atoms with Crippen molar-refractivity contribution in [3.63, 3.8) is 0 Å². The average molecular weight is 439 g/mol. The number of methoxy groups -OCH3 is 1. The van der Waals surface area contributed by atoms with Crippen molar-refractivity contribution in [1.82, 2.24) is 0 Å². The van der Waals surface area contributed by atoms with Gasteiger partial charge in [0.15, 0.2) is 0 Å². The van der Waals surface area contributed by atoms with E-state index in [-0.39, 0.29) is 24.8 Å². The van der Waals surface area contributed by atoms with Gasteiger partial charge in [0.1, 0.15) is 6.10 Å². The third-order valence-corrected chi connectivity index (χ3v) is 5.46. The lowest BCUT2D eigenvalue weighted by Gasteiger charge is -2.27. The Kier molecular flexibility index (Phi) is 8.27. The van der Waals surface area contributed by atoms with E-state index < -0.39 is 5.97 Å². The van der Waals surface area contributed by atoms with Gasteiger partial charge in [-0.15, -0.1) is 0 Å². The number of nitrogen functional groups attached to an aromatic ring is 2. The molecule has 32 heavy (non-hydrogen) atoms. The van der Waals surface area contributed by atoms with Gasteiger partial charge in [0.25, 0.3) is 0 Å². The minimum Gasteiger partial charge on any atom is -0.462 e. The van der Waals surface area contributed by atoms with Gasteiger partial charge in [0.2, 0.25) is 0 Å². The van der Waals surface area contributed by atoms with E-state index in [2.05, 4.69) is 0 Å². The SMILES string of the molecule is COC1CCC(OC(=O)c2ccc(/C=C/C(=O)OCCc3cc(N)cc(N)c3)cc2)CC1. The van der Waals surface area contributed by atoms with Gasteiger partial charge in [-0.05, 0) is 73.2 Å². The molecule has 1 aliphatic rings. The summed E-state index contributed by atoms with van der Waals surface area (Å²) < 4.78 is 16.2. The van der Waals surface area contributed by atoms with E-state index in [1.165, 1.54) is 6.08 Å². The van der Waals surface area contributed by atoms with E-state index in [0.29, 0.717) is 23.4 Å². The summed E-state index contributed by atoms with van der Waals surface area (Å²) in [5.41, 5.74) is 14.9. The summed E-state index contributed by atoms with van der Waals surface area (Å²) in [5, 5.41) is 0. The summed E-state index contributed by atoms with van der Waals surface area (Å²) in [6, 6.07) is 12.2. The maximum Gasteiger partial charge on any atom is 0.338 e. The Labute approximate surface area is 188 Å². The second kappa shape index (κ2) is 11.3. The number of ether oxygens (including phenoxy) is 3. The first kappa shape index (κ1) is 23.3. The average Bonchev–Trinajstić information content (AvgIpc) is 2.78. The van der Waals surface area contributed by atoms with Crippen LogP contribution >= 0.6 is 0 Å². The van der Waals surface area contributed by atoms with Crippen LogP contribution in [0.2, 0.25) is 0 Å². The quantitative estimate of drug-likeness (QED) is 0.366. The molecule has 1 fully saturated rings. The standard InChI is InChI=1S/C25H30N2O5/c1-30-22-7-9-23(10-8-22)32-25(29)19-5-2-17(3-6-19)4-11-24(28)31-13-12-18-14-20(26)16-21(27)15-18/h2-6,11,14-16,22-23H,7-10,12-13,26-27H2,1H3/b11-4+. The van der Waals surface area contributed by atoms with Gasteiger partial charge in [-0.3, -0.25) is 0 Å². The normalized spacial score (nSPS) is 18.4. The number of nitrogens with two attached hydrogens (primary N) is 2. The summed E-state index contributed by atoms with van der Waals surface area (Å²) in [5.74, 6) is -0.778. The topological polar surface area (TPSA) is 114 Å². The fourth-order valence-corrected chi connectivity index (χ4v) is 3.71. The lowest BCUT2D eigenvalue weighted by atomic mass is 9.95. The molecule has 0 amide bonds. The Hall–Kier alpha value is -3.32. The van der Waals surface area contributed by atoms with Gasteiger partial charge in [-0.2, -0.15) is 0 Å². The molecule has 0 unspecified atom stereocenters. The summed E-state index contributed by atoms with van der Waals surface area (Å²) in [7, 11) is 1.71. The summed E-state index contributed by atoms with van der Waals surface area (Å²) in [4.78, 5) is 24.3. The highest BCUT2D eigenvalue weighted by Gasteiger charge is 2.24. The predicted octanol–water partition coefficient (Wildman–Crippen LogP) is 3.76. The molecule has 0 aromatic heterocycles. The van der Waals surface area contributed by atoms with Crippen LogP contribution < -0.4 is 11.5 Å². The van der Waals surface area contributed by atoms with Gasteiger partial charge in [0, 0.05) is 31.0 Å². The molecular formula is C25H30N2O5. The molecule has 0 heterocycles. The summed E-state index contributed by atoms with van der Waals surface area (Å²) in [6.45, 7) is 0.225. The molecule has 0 spiro atoms. The number of anilines is 2. The predicted molar refractivity (Wildman–Crippen MR) is 124 cm³/mol. The number of rotatable bonds is 8. The maximum atomic E-state index is 12.4. The van der Waals surface area contributed by atoms with Crippen molar-refractivity contribution in [2.45, 2.75) is 44.3 Å². The molecule has 0 saturated heterocycles. The van der Waals surface area contributed by atoms with Crippen LogP contribution in [0, 0.1) is 0 Å². The number of carbonyl (C=O) groups excluding carboxylic acids is 2. The minimum absolute atomic E-state index is 0.0630. The van der Waals surface area contributed by atoms with E-state index >= 15 is 0 Å². The van der Waals surface area contributed by atoms with Gasteiger partial charge in [-0.1, -0.05) is 12.1 Å². The maximum absolute atomic E-state index is 12.4. The van der Waals surface area contributed by atoms with Crippen molar-refractivity contribution in [3.8, 4) is 0 Å². The zero-order valence-electron chi connectivity index (χ0n) is 18.3. The molecular weight excluding hydrogens is 408 g/mol. The van der Waals surface area contributed by atoms with E-state index in [0.717, 1.165) is 36.8 Å². The van der Waals surface area contributed by atoms with E-state index in [9.17, 15) is 9.59 Å². The summed E-state index contributed by atoms with van der Waals surface area (Å²) >= 11 is 0. The molecule has 0 atom stereocenters. The Morgan fingerprint density at radius 1 is 0.969 bits per heavy atom. The van der Waals surface area contributed by atoms with Gasteiger partial charge >= 0.3 is 11.9 Å². The highest BCUT2D eigenvalue weighted by atomic mass is 16.5. The second-order valence-corrected chi connectivity index (χ2v) is 7.92. The third kappa shape index (κ3) is 7.13. The molecule has 0 bridgehead atoms. The molecule has 3 rings (SSSR count). The van der Waals surface area contributed by atoms with Crippen molar-refractivity contribution in [2.75, 3.05) is 25.2 Å². The first-order valence-electron chi connectivity index (χ1n) is 10.8. The lowest BCUT2D eigenvalue weighted by Crippen LogP contribution is -2.27. The van der Waals surface area contributed by atoms with Crippen molar-refractivity contribution >= 4 is 29.4 Å². The fraction of sp³-hybridized carbons (Fsp3) is 0.360. The van der Waals surface area contributed by atoms with E-state index in [1.54, 1.807) is 55.7 Å². The fourth-order valence-electron chi connectivity index (χ4n) is 3.71. The highest BCUT2D eigenvalue weighted by Crippen LogP contribution is 2.24. The number of carbonyl (C=O) groups is 2. The van der Waals surface area contributed by atoms with Crippen LogP contribution in [0.5, 0.6) is 0 Å². The molecule has 1 aliphatic carbocycles. The highest BCUT2D eigenvalue weighted by molar-refractivity contribution is 5.90. The van der Waals surface area contributed by atoms with Crippen LogP contribution in [0.1, 0.15) is 47.2 Å². The van der Waals surface area contributed by atoms with Crippen LogP contribution in [0.4, 0.5) is 11.4 Å². The first-order valence-corrected chi connectivity index (χ1v) is 10.8. The van der Waals surface area contributed by atoms with E-state index in [4.69, 9.17) is 25.7 Å². The largest absolute Gasteiger partial charge is 0.462 e. The molecule has 1 saturated carbocycles. The molecule has 0 aliphatic heterocycles. The number of hydrogen-bond acceptors (Lipinski definition) is 7. The molecule has 7 nitrogen and oxygen atoms in total. The molecule has 0 radical (unpaired) electrons. The second-order valence-electron chi connectivity index (χ2n) is 7.92. The van der Waals surface area contributed by atoms with Crippen LogP contribution in [0.15, 0.2) is 48.5 Å². The van der Waals surface area contributed by atoms with Gasteiger partial charge < -0.3 is 25.7 Å². The Morgan fingerprint density at radius 2 is 1.59 bits per heavy atom. The van der Waals surface area contributed by atoms with Gasteiger partial charge in [-0.25, -0.2) is 9.59 Å². The molecule has 4 N–H and O–H groups in total. The first-order chi connectivity index (χ1) is 15.4. The Morgan fingerprint density at radius 3 is 2.22 bits per heavy atom. The zero-order chi connectivity index (χ0) is 22.9. The van der Waals surface area contributed by atoms with Crippen molar-refractivity contribution in [3.05, 3.63) is 65.2 Å². The Balaban J connectivity index is 1.43. The minimum atomic E-state index is -0.447. The third-order valence-electron chi connectivity index (χ3n) is 5.46. The van der Waals surface area contributed by atoms with Crippen molar-refractivity contribution in [1.29, 1.82) is 0 Å². The number of benzene rings is 2. The van der Waals surface area contributed by atoms with Crippen LogP contribution in [0.25, 0.3) is 6.08 Å².